The summed E-state index contributed by atoms with van der Waals surface area (Å²) in [5, 5.41) is 31.2. The predicted molar refractivity (Wildman–Crippen MR) is 295 cm³/mol. The maximum atomic E-state index is 15.6. The summed E-state index contributed by atoms with van der Waals surface area (Å²) in [6.45, 7) is 19.3. The van der Waals surface area contributed by atoms with E-state index in [1.807, 2.05) is 0 Å². The van der Waals surface area contributed by atoms with Gasteiger partial charge in [0.25, 0.3) is 0 Å². The van der Waals surface area contributed by atoms with Crippen molar-refractivity contribution in [2.75, 3.05) is 13.2 Å². The van der Waals surface area contributed by atoms with Crippen LogP contribution in [0, 0.1) is 35.5 Å². The van der Waals surface area contributed by atoms with Crippen molar-refractivity contribution in [2.24, 2.45) is 35.5 Å². The van der Waals surface area contributed by atoms with Gasteiger partial charge in [0, 0.05) is 11.1 Å². The molecule has 0 amide bonds. The van der Waals surface area contributed by atoms with Crippen LogP contribution in [0.15, 0.2) is 78.9 Å². The van der Waals surface area contributed by atoms with Gasteiger partial charge in [0.05, 0.1) is 24.6 Å². The van der Waals surface area contributed by atoms with Crippen LogP contribution < -0.4 is 19.7 Å². The molecule has 5 nitrogen and oxygen atoms in total. The molecule has 0 radical (unpaired) electrons. The van der Waals surface area contributed by atoms with Crippen molar-refractivity contribution in [1.82, 2.24) is 4.98 Å². The minimum absolute atomic E-state index is 0.0571. The quantitative estimate of drug-likeness (QED) is 0.104. The number of rotatable bonds is 14. The number of nitrogens with zero attached hydrogens (tertiary/aromatic N) is 1. The third-order valence-electron chi connectivity index (χ3n) is 18.5. The Morgan fingerprint density at radius 3 is 1.15 bits per heavy atom. The van der Waals surface area contributed by atoms with E-state index in [9.17, 15) is 0 Å². The van der Waals surface area contributed by atoms with E-state index in [2.05, 4.69) is 144 Å². The Balaban J connectivity index is 0.00000199. The molecule has 6 heteroatoms. The molecule has 0 aliphatic heterocycles. The van der Waals surface area contributed by atoms with Crippen LogP contribution in [0.1, 0.15) is 180 Å². The molecule has 1 heterocycles. The molecular formula is C67H85NO4Zr. The van der Waals surface area contributed by atoms with Crippen LogP contribution in [0.5, 0.6) is 23.0 Å². The molecule has 0 saturated heterocycles. The maximum absolute atomic E-state index is 15.6. The van der Waals surface area contributed by atoms with Gasteiger partial charge in [0.2, 0.25) is 0 Å². The van der Waals surface area contributed by atoms with Gasteiger partial charge in [-0.05, 0) is 240 Å². The second-order valence-corrected chi connectivity index (χ2v) is 28.9. The summed E-state index contributed by atoms with van der Waals surface area (Å²) in [6, 6.07) is 27.9. The van der Waals surface area contributed by atoms with Crippen LogP contribution in [0.25, 0.3) is 44.8 Å². The van der Waals surface area contributed by atoms with E-state index in [0.29, 0.717) is 13.2 Å². The zero-order chi connectivity index (χ0) is 51.5. The number of unbranched alkanes of at least 4 members (excludes halogenated alkanes) is 2. The van der Waals surface area contributed by atoms with Gasteiger partial charge >= 0.3 is 32.5 Å². The third kappa shape index (κ3) is 10.5. The van der Waals surface area contributed by atoms with Crippen LogP contribution in [-0.2, 0) is 44.9 Å². The van der Waals surface area contributed by atoms with Crippen molar-refractivity contribution in [3.8, 4) is 67.8 Å². The van der Waals surface area contributed by atoms with E-state index in [1.165, 1.54) is 49.7 Å². The van der Waals surface area contributed by atoms with Crippen molar-refractivity contribution in [1.29, 1.82) is 0 Å². The average molecular weight is 1060 g/mol. The molecule has 0 spiro atoms. The molecule has 8 fully saturated rings. The van der Waals surface area contributed by atoms with E-state index in [0.717, 1.165) is 167 Å². The zero-order valence-corrected chi connectivity index (χ0v) is 48.7. The van der Waals surface area contributed by atoms with Gasteiger partial charge in [0.1, 0.15) is 11.5 Å². The summed E-state index contributed by atoms with van der Waals surface area (Å²) in [7, 11) is 0. The van der Waals surface area contributed by atoms with E-state index in [4.69, 9.17) is 14.5 Å². The molecule has 8 aliphatic carbocycles. The number of hydrogen-bond donors (Lipinski definition) is 0. The molecule has 0 unspecified atom stereocenters. The van der Waals surface area contributed by atoms with Gasteiger partial charge in [-0.2, -0.15) is 0 Å². The van der Waals surface area contributed by atoms with Crippen LogP contribution in [0.2, 0.25) is 9.26 Å². The molecule has 386 valence electrons. The summed E-state index contributed by atoms with van der Waals surface area (Å²) >= 11 is 0.230. The fraction of sp³-hybridized carbons (Fsp3) is 0.567. The minimum atomic E-state index is -0.157. The molecule has 0 N–H and O–H groups in total. The molecule has 0 atom stereocenters. The number of hydrogen-bond acceptors (Lipinski definition) is 5. The first-order valence-electron chi connectivity index (χ1n) is 28.8. The molecule has 8 bridgehead atoms. The molecule has 8 saturated carbocycles. The molecule has 8 aliphatic rings. The first-order valence-corrected chi connectivity index (χ1v) is 33.7. The van der Waals surface area contributed by atoms with E-state index in [1.54, 1.807) is 0 Å². The Morgan fingerprint density at radius 2 is 0.836 bits per heavy atom. The second-order valence-electron chi connectivity index (χ2n) is 26.4. The Morgan fingerprint density at radius 1 is 0.493 bits per heavy atom. The SMILES string of the molecule is CCCCOc1ccc(-c2cccc(-c3ccc(OCCCC)cc3-c3cc(C(C)(C)C)cc(C45CC6CC(CC(C6)C4)C5)c3[O-])n2)c(-c2cc(C(C)(C)C)cc(C34CC5CC(CC(C5)C3)C4)c2[O-])c1.[CH3][Zr+2][CH3]. The van der Waals surface area contributed by atoms with Crippen molar-refractivity contribution >= 4 is 0 Å². The Bertz CT molecular complexity index is 2540. The molecule has 4 aromatic carbocycles. The standard InChI is InChI=1S/C65H81NO4.2CH3.Zr/c1-9-11-20-69-48-16-18-50(52(32-48)54-28-46(62(3,4)5)30-56(60(54)67)64-34-40-22-41(35-64)24-42(23-40)36-64)58-14-13-15-59(66-58)51-19-17-49(70-21-12-10-2)33-53(51)55-29-47(63(6,7)8)31-57(61(55)68)65-37-43-25-44(38-65)27-45(26-43)39-65;;;/h13-19,28-33,40-45,67-68H,9-12,20-27,34-39H2,1-8H3;2*1H3;/q;;;+2/p-2. The average Bonchev–Trinajstić information content (AvgIpc) is 3.33. The topological polar surface area (TPSA) is 77.5 Å². The van der Waals surface area contributed by atoms with E-state index < -0.39 is 0 Å². The first-order chi connectivity index (χ1) is 34.9. The molecule has 13 rings (SSSR count). The summed E-state index contributed by atoms with van der Waals surface area (Å²) in [4.78, 5) is 5.57. The van der Waals surface area contributed by atoms with Crippen molar-refractivity contribution in [3.05, 3.63) is 101 Å². The van der Waals surface area contributed by atoms with Crippen LogP contribution >= 0.6 is 0 Å². The summed E-state index contributed by atoms with van der Waals surface area (Å²) in [5.74, 6) is 6.26. The van der Waals surface area contributed by atoms with Gasteiger partial charge in [-0.15, -0.1) is 0 Å². The number of pyridine rings is 1. The Hall–Kier alpha value is -3.89. The fourth-order valence-electron chi connectivity index (χ4n) is 15.7. The number of benzene rings is 4. The van der Waals surface area contributed by atoms with Gasteiger partial charge < -0.3 is 19.7 Å². The van der Waals surface area contributed by atoms with Gasteiger partial charge in [-0.3, -0.25) is 0 Å². The third-order valence-corrected chi connectivity index (χ3v) is 18.5. The van der Waals surface area contributed by atoms with Crippen LogP contribution in [0.3, 0.4) is 0 Å². The van der Waals surface area contributed by atoms with Gasteiger partial charge in [-0.25, -0.2) is 4.98 Å². The van der Waals surface area contributed by atoms with E-state index >= 15 is 10.2 Å². The van der Waals surface area contributed by atoms with E-state index in [-0.39, 0.29) is 56.4 Å². The normalized spacial score (nSPS) is 26.6. The fourth-order valence-corrected chi connectivity index (χ4v) is 15.7. The number of ether oxygens (including phenoxy) is 2. The first kappa shape index (κ1) is 52.6. The van der Waals surface area contributed by atoms with Crippen molar-refractivity contribution < 1.29 is 42.9 Å². The molecular weight excluding hydrogens is 974 g/mol. The molecule has 5 aromatic rings. The van der Waals surface area contributed by atoms with Crippen molar-refractivity contribution in [3.63, 3.8) is 0 Å². The molecule has 73 heavy (non-hydrogen) atoms. The summed E-state index contributed by atoms with van der Waals surface area (Å²) < 4.78 is 17.5. The van der Waals surface area contributed by atoms with Crippen LogP contribution in [-0.4, -0.2) is 18.2 Å². The monoisotopic (exact) mass is 1060 g/mol. The predicted octanol–water partition coefficient (Wildman–Crippen LogP) is 17.0. The van der Waals surface area contributed by atoms with Gasteiger partial charge in [-0.1, -0.05) is 110 Å². The second kappa shape index (κ2) is 20.9. The zero-order valence-electron chi connectivity index (χ0n) is 46.3. The Kier molecular flexibility index (Phi) is 15.1. The van der Waals surface area contributed by atoms with Crippen molar-refractivity contribution in [2.45, 2.75) is 189 Å². The number of aromatic nitrogens is 1. The molecule has 1 aromatic heterocycles. The van der Waals surface area contributed by atoms with Gasteiger partial charge in [0.15, 0.2) is 0 Å². The summed E-state index contributed by atoms with van der Waals surface area (Å²) in [6.07, 6.45) is 18.8. The summed E-state index contributed by atoms with van der Waals surface area (Å²) in [5.41, 5.74) is 10.7. The van der Waals surface area contributed by atoms with Crippen LogP contribution in [0.4, 0.5) is 0 Å². The Labute approximate surface area is 451 Å².